The van der Waals surface area contributed by atoms with Crippen LogP contribution >= 0.6 is 0 Å². The number of hydrogen-bond donors (Lipinski definition) is 6. The fourth-order valence-corrected chi connectivity index (χ4v) is 5.98. The van der Waals surface area contributed by atoms with Gasteiger partial charge in [0.1, 0.15) is 23.5 Å². The van der Waals surface area contributed by atoms with Gasteiger partial charge in [-0.25, -0.2) is 14.8 Å². The van der Waals surface area contributed by atoms with Gasteiger partial charge >= 0.3 is 5.69 Å². The SMILES string of the molecule is CCNC(=O)[C@@H]1O[C@@H](n2cnc3c(N)nc(Nc4ccc(C(=O)NCCc5nc6c(c(=O)n(CC)c(=O)n6CC)n5C)cc4)nc32)[C@H](O)[C@@H]1O. The van der Waals surface area contributed by atoms with E-state index in [-0.39, 0.29) is 41.9 Å². The van der Waals surface area contributed by atoms with Crippen molar-refractivity contribution < 1.29 is 24.5 Å². The molecule has 0 saturated carbocycles. The van der Waals surface area contributed by atoms with E-state index in [1.165, 1.54) is 20.0 Å². The molecule has 7 N–H and O–H groups in total. The first-order chi connectivity index (χ1) is 24.0. The molecule has 19 heteroatoms. The highest BCUT2D eigenvalue weighted by Crippen LogP contribution is 2.33. The van der Waals surface area contributed by atoms with Crippen molar-refractivity contribution in [1.82, 2.24) is 48.8 Å². The lowest BCUT2D eigenvalue weighted by Gasteiger charge is -2.17. The second-order valence-corrected chi connectivity index (χ2v) is 11.6. The number of aromatic nitrogens is 8. The zero-order chi connectivity index (χ0) is 35.9. The number of carbonyl (C=O) groups excluding carboxylic acids is 2. The van der Waals surface area contributed by atoms with Gasteiger partial charge in [0.25, 0.3) is 17.4 Å². The maximum atomic E-state index is 13.0. The molecule has 19 nitrogen and oxygen atoms in total. The lowest BCUT2D eigenvalue weighted by Crippen LogP contribution is -2.42. The summed E-state index contributed by atoms with van der Waals surface area (Å²) in [6.45, 7) is 6.43. The van der Waals surface area contributed by atoms with Crippen LogP contribution in [0.25, 0.3) is 22.3 Å². The normalized spacial score (nSPS) is 18.9. The summed E-state index contributed by atoms with van der Waals surface area (Å²) in [7, 11) is 1.72. The number of imidazole rings is 2. The molecule has 5 heterocycles. The Labute approximate surface area is 283 Å². The first kappa shape index (κ1) is 34.2. The third kappa shape index (κ3) is 5.94. The summed E-state index contributed by atoms with van der Waals surface area (Å²) < 4.78 is 11.4. The van der Waals surface area contributed by atoms with Crippen LogP contribution < -0.4 is 32.9 Å². The molecule has 2 amide bonds. The highest BCUT2D eigenvalue weighted by molar-refractivity contribution is 5.94. The molecule has 4 aromatic heterocycles. The van der Waals surface area contributed by atoms with Crippen molar-refractivity contribution in [2.45, 2.75) is 64.8 Å². The van der Waals surface area contributed by atoms with Crippen molar-refractivity contribution in [2.24, 2.45) is 7.05 Å². The summed E-state index contributed by atoms with van der Waals surface area (Å²) in [6.07, 6.45) is -3.74. The second-order valence-electron chi connectivity index (χ2n) is 11.6. The van der Waals surface area contributed by atoms with Crippen molar-refractivity contribution >= 4 is 51.6 Å². The molecule has 50 heavy (non-hydrogen) atoms. The molecular weight excluding hydrogens is 652 g/mol. The van der Waals surface area contributed by atoms with Gasteiger partial charge in [-0.15, -0.1) is 0 Å². The van der Waals surface area contributed by atoms with Crippen LogP contribution in [0.15, 0.2) is 40.2 Å². The standard InChI is InChI=1S/C31H38N12O7/c1-5-33-27(47)22-20(44)21(45)29(50-22)43-14-35-18-23(32)38-30(39-24(18)43)36-16-10-8-15(9-11-16)26(46)34-13-12-17-37-25-19(40(17)4)28(48)42(7-3)31(49)41(25)6-2/h8-11,14,20-22,29,44-45H,5-7,12-13H2,1-4H3,(H,33,47)(H,34,46)(H3,32,36,38,39)/t20-,21+,22+,29+/m0/s1. The number of nitrogens with zero attached hydrogens (tertiary/aromatic N) is 8. The average molecular weight is 691 g/mol. The zero-order valence-electron chi connectivity index (χ0n) is 27.8. The minimum absolute atomic E-state index is 0.0372. The molecule has 264 valence electrons. The van der Waals surface area contributed by atoms with E-state index in [0.29, 0.717) is 47.7 Å². The van der Waals surface area contributed by atoms with Crippen molar-refractivity contribution in [3.63, 3.8) is 0 Å². The van der Waals surface area contributed by atoms with Crippen LogP contribution in [0.5, 0.6) is 0 Å². The van der Waals surface area contributed by atoms with Crippen molar-refractivity contribution in [2.75, 3.05) is 24.1 Å². The number of ether oxygens (including phenoxy) is 1. The lowest BCUT2D eigenvalue weighted by atomic mass is 10.1. The highest BCUT2D eigenvalue weighted by atomic mass is 16.6. The fraction of sp³-hybridized carbons (Fsp3) is 0.419. The fourth-order valence-electron chi connectivity index (χ4n) is 5.98. The van der Waals surface area contributed by atoms with Gasteiger partial charge < -0.3 is 41.2 Å². The summed E-state index contributed by atoms with van der Waals surface area (Å²) >= 11 is 0. The number of nitrogen functional groups attached to an aromatic ring is 1. The molecule has 0 unspecified atom stereocenters. The summed E-state index contributed by atoms with van der Waals surface area (Å²) in [5.74, 6) is -0.214. The number of carbonyl (C=O) groups is 2. The van der Waals surface area contributed by atoms with Gasteiger partial charge in [0.05, 0.1) is 6.33 Å². The Morgan fingerprint density at radius 2 is 1.68 bits per heavy atom. The Balaban J connectivity index is 1.13. The number of amides is 2. The maximum Gasteiger partial charge on any atom is 0.332 e. The minimum atomic E-state index is -1.48. The van der Waals surface area contributed by atoms with E-state index in [1.807, 2.05) is 6.92 Å². The van der Waals surface area contributed by atoms with Crippen molar-refractivity contribution in [3.05, 3.63) is 62.8 Å². The topological polar surface area (TPSA) is 251 Å². The van der Waals surface area contributed by atoms with E-state index in [9.17, 15) is 29.4 Å². The number of aliphatic hydroxyl groups is 2. The summed E-state index contributed by atoms with van der Waals surface area (Å²) in [5.41, 5.74) is 7.34. The van der Waals surface area contributed by atoms with Gasteiger partial charge in [0.15, 0.2) is 35.0 Å². The molecule has 5 aromatic rings. The number of aryl methyl sites for hydroxylation is 2. The number of hydrogen-bond acceptors (Lipinski definition) is 13. The number of benzene rings is 1. The number of nitrogens with two attached hydrogens (primary N) is 1. The van der Waals surface area contributed by atoms with Crippen LogP contribution in [-0.2, 0) is 36.1 Å². The van der Waals surface area contributed by atoms with E-state index < -0.39 is 41.7 Å². The van der Waals surface area contributed by atoms with E-state index in [1.54, 1.807) is 49.7 Å². The monoisotopic (exact) mass is 690 g/mol. The van der Waals surface area contributed by atoms with Gasteiger partial charge in [-0.2, -0.15) is 9.97 Å². The molecule has 6 rings (SSSR count). The number of likely N-dealkylation sites (N-methyl/N-ethyl adjacent to an activating group) is 1. The van der Waals surface area contributed by atoms with Crippen LogP contribution in [0.4, 0.5) is 17.5 Å². The van der Waals surface area contributed by atoms with Gasteiger partial charge in [0, 0.05) is 50.9 Å². The lowest BCUT2D eigenvalue weighted by molar-refractivity contribution is -0.137. The van der Waals surface area contributed by atoms with E-state index in [2.05, 4.69) is 35.9 Å². The van der Waals surface area contributed by atoms with E-state index in [4.69, 9.17) is 10.5 Å². The molecule has 0 bridgehead atoms. The minimum Gasteiger partial charge on any atom is -0.387 e. The first-order valence-corrected chi connectivity index (χ1v) is 16.1. The third-order valence-electron chi connectivity index (χ3n) is 8.57. The molecule has 4 atom stereocenters. The molecular formula is C31H38N12O7. The second kappa shape index (κ2) is 13.7. The van der Waals surface area contributed by atoms with Crippen LogP contribution in [-0.4, -0.2) is 91.6 Å². The number of rotatable bonds is 11. The molecule has 1 saturated heterocycles. The largest absolute Gasteiger partial charge is 0.387 e. The molecule has 0 spiro atoms. The van der Waals surface area contributed by atoms with Crippen molar-refractivity contribution in [3.8, 4) is 0 Å². The van der Waals surface area contributed by atoms with E-state index >= 15 is 0 Å². The Kier molecular flexibility index (Phi) is 9.37. The van der Waals surface area contributed by atoms with Crippen LogP contribution in [0.3, 0.4) is 0 Å². The highest BCUT2D eigenvalue weighted by Gasteiger charge is 2.47. The quantitative estimate of drug-likeness (QED) is 0.0987. The van der Waals surface area contributed by atoms with Gasteiger partial charge in [-0.3, -0.25) is 28.1 Å². The van der Waals surface area contributed by atoms with Gasteiger partial charge in [-0.1, -0.05) is 0 Å². The van der Waals surface area contributed by atoms with Crippen LogP contribution in [0, 0.1) is 0 Å². The Hall–Kier alpha value is -5.66. The van der Waals surface area contributed by atoms with Crippen LogP contribution in [0.2, 0.25) is 0 Å². The Morgan fingerprint density at radius 1 is 0.960 bits per heavy atom. The number of aliphatic hydroxyl groups excluding tert-OH is 2. The molecule has 1 aromatic carbocycles. The summed E-state index contributed by atoms with van der Waals surface area (Å²) in [4.78, 5) is 68.5. The molecule has 0 radical (unpaired) electrons. The average Bonchev–Trinajstić information content (AvgIpc) is 3.75. The first-order valence-electron chi connectivity index (χ1n) is 16.1. The zero-order valence-corrected chi connectivity index (χ0v) is 27.8. The van der Waals surface area contributed by atoms with Gasteiger partial charge in [0.2, 0.25) is 5.95 Å². The third-order valence-corrected chi connectivity index (χ3v) is 8.57. The summed E-state index contributed by atoms with van der Waals surface area (Å²) in [6, 6.07) is 6.53. The Morgan fingerprint density at radius 3 is 2.36 bits per heavy atom. The predicted molar refractivity (Wildman–Crippen MR) is 181 cm³/mol. The summed E-state index contributed by atoms with van der Waals surface area (Å²) in [5, 5.41) is 29.6. The van der Waals surface area contributed by atoms with Crippen molar-refractivity contribution in [1.29, 1.82) is 0 Å². The van der Waals surface area contributed by atoms with Gasteiger partial charge in [-0.05, 0) is 45.0 Å². The molecule has 1 aliphatic heterocycles. The van der Waals surface area contributed by atoms with E-state index in [0.717, 1.165) is 0 Å². The molecule has 1 fully saturated rings. The molecule has 0 aliphatic carbocycles. The maximum absolute atomic E-state index is 13.0. The smallest absolute Gasteiger partial charge is 0.332 e. The number of nitrogens with one attached hydrogen (secondary N) is 3. The Bertz CT molecular complexity index is 2200. The predicted octanol–water partition coefficient (Wildman–Crippen LogP) is -0.870. The number of fused-ring (bicyclic) bond motifs is 2. The molecule has 1 aliphatic rings. The number of anilines is 3. The van der Waals surface area contributed by atoms with Crippen LogP contribution in [0.1, 0.15) is 43.2 Å².